The fourth-order valence-corrected chi connectivity index (χ4v) is 4.03. The van der Waals surface area contributed by atoms with E-state index in [1.54, 1.807) is 6.07 Å². The minimum atomic E-state index is -3.51. The molecule has 0 saturated heterocycles. The van der Waals surface area contributed by atoms with Crippen molar-refractivity contribution in [3.05, 3.63) is 66.6 Å². The molecule has 0 amide bonds. The summed E-state index contributed by atoms with van der Waals surface area (Å²) in [5, 5.41) is 9.07. The summed E-state index contributed by atoms with van der Waals surface area (Å²) in [5.41, 5.74) is 1.26. The number of benzene rings is 1. The van der Waals surface area contributed by atoms with Crippen LogP contribution >= 0.6 is 0 Å². The van der Waals surface area contributed by atoms with Crippen molar-refractivity contribution in [2.45, 2.75) is 16.2 Å². The Hall–Kier alpha value is -3.05. The maximum atomic E-state index is 11.9. The topological polar surface area (TPSA) is 117 Å². The average Bonchev–Trinajstić information content (AvgIpc) is 3.31. The second-order valence-corrected chi connectivity index (χ2v) is 10.5. The second-order valence-electron chi connectivity index (χ2n) is 6.61. The molecule has 150 valence electrons. The highest BCUT2D eigenvalue weighted by Gasteiger charge is 2.23. The average molecular weight is 431 g/mol. The Bertz CT molecular complexity index is 1350. The minimum Gasteiger partial charge on any atom is -0.248 e. The highest BCUT2D eigenvalue weighted by atomic mass is 32.2. The Kier molecular flexibility index (Phi) is 4.50. The largest absolute Gasteiger partial charge is 0.248 e. The monoisotopic (exact) mass is 431 g/mol. The number of sulfone groups is 2. The SMILES string of the molecule is CS(=O)(=O)c1ccn(C(c2ccc3ccccc3n2)n2ccc(S(C)(=O)=O)n2)n1. The first-order chi connectivity index (χ1) is 13.6. The lowest BCUT2D eigenvalue weighted by atomic mass is 10.2. The quantitative estimate of drug-likeness (QED) is 0.470. The maximum Gasteiger partial charge on any atom is 0.194 e. The zero-order valence-corrected chi connectivity index (χ0v) is 17.2. The number of hydrogen-bond donors (Lipinski definition) is 0. The lowest BCUT2D eigenvalue weighted by Gasteiger charge is -2.18. The number of fused-ring (bicyclic) bond motifs is 1. The maximum absolute atomic E-state index is 11.9. The van der Waals surface area contributed by atoms with Crippen molar-refractivity contribution in [3.63, 3.8) is 0 Å². The number of nitrogens with zero attached hydrogens (tertiary/aromatic N) is 5. The number of hydrogen-bond acceptors (Lipinski definition) is 7. The molecule has 4 rings (SSSR count). The van der Waals surface area contributed by atoms with Gasteiger partial charge in [0.05, 0.1) is 11.2 Å². The van der Waals surface area contributed by atoms with Crippen molar-refractivity contribution in [1.29, 1.82) is 0 Å². The van der Waals surface area contributed by atoms with E-state index in [0.29, 0.717) is 5.69 Å². The first-order valence-electron chi connectivity index (χ1n) is 8.49. The summed E-state index contributed by atoms with van der Waals surface area (Å²) in [6, 6.07) is 14.0. The molecule has 29 heavy (non-hydrogen) atoms. The van der Waals surface area contributed by atoms with E-state index in [1.807, 2.05) is 30.3 Å². The Labute approximate surface area is 167 Å². The van der Waals surface area contributed by atoms with Gasteiger partial charge in [0, 0.05) is 30.3 Å². The molecule has 3 heterocycles. The van der Waals surface area contributed by atoms with Gasteiger partial charge >= 0.3 is 0 Å². The molecular weight excluding hydrogens is 414 g/mol. The van der Waals surface area contributed by atoms with Gasteiger partial charge in [-0.2, -0.15) is 10.2 Å². The molecule has 0 fully saturated rings. The van der Waals surface area contributed by atoms with E-state index in [9.17, 15) is 16.8 Å². The van der Waals surface area contributed by atoms with Crippen LogP contribution in [0.3, 0.4) is 0 Å². The molecule has 0 N–H and O–H groups in total. The Morgan fingerprint density at radius 1 is 0.759 bits per heavy atom. The second kappa shape index (κ2) is 6.78. The molecule has 0 aliphatic rings. The molecule has 4 aromatic rings. The molecule has 11 heteroatoms. The van der Waals surface area contributed by atoms with E-state index in [-0.39, 0.29) is 10.1 Å². The molecule has 9 nitrogen and oxygen atoms in total. The third kappa shape index (κ3) is 3.78. The fraction of sp³-hybridized carbons (Fsp3) is 0.167. The summed E-state index contributed by atoms with van der Waals surface area (Å²) in [5.74, 6) is 0. The highest BCUT2D eigenvalue weighted by molar-refractivity contribution is 7.90. The van der Waals surface area contributed by atoms with Gasteiger partial charge in [-0.1, -0.05) is 24.3 Å². The molecular formula is C18H17N5O4S2. The van der Waals surface area contributed by atoms with Gasteiger partial charge in [0.1, 0.15) is 0 Å². The van der Waals surface area contributed by atoms with E-state index >= 15 is 0 Å². The predicted molar refractivity (Wildman–Crippen MR) is 106 cm³/mol. The molecule has 0 bridgehead atoms. The molecule has 0 atom stereocenters. The minimum absolute atomic E-state index is 0.0984. The van der Waals surface area contributed by atoms with Gasteiger partial charge < -0.3 is 0 Å². The Balaban J connectivity index is 1.91. The Morgan fingerprint density at radius 2 is 1.31 bits per heavy atom. The fourth-order valence-electron chi connectivity index (χ4n) is 2.93. The number of pyridine rings is 1. The third-order valence-corrected chi connectivity index (χ3v) is 6.27. The molecule has 0 aliphatic carbocycles. The third-order valence-electron chi connectivity index (χ3n) is 4.31. The van der Waals surface area contributed by atoms with E-state index in [2.05, 4.69) is 15.2 Å². The lowest BCUT2D eigenvalue weighted by Crippen LogP contribution is -2.22. The molecule has 0 radical (unpaired) electrons. The number of para-hydroxylation sites is 1. The summed E-state index contributed by atoms with van der Waals surface area (Å²) < 4.78 is 50.2. The molecule has 0 unspecified atom stereocenters. The van der Waals surface area contributed by atoms with Crippen LogP contribution in [0, 0.1) is 0 Å². The van der Waals surface area contributed by atoms with Gasteiger partial charge in [0.25, 0.3) is 0 Å². The lowest BCUT2D eigenvalue weighted by molar-refractivity contribution is 0.399. The van der Waals surface area contributed by atoms with Crippen LogP contribution in [0.1, 0.15) is 11.9 Å². The first kappa shape index (κ1) is 19.3. The molecule has 1 aromatic carbocycles. The Morgan fingerprint density at radius 3 is 1.83 bits per heavy atom. The van der Waals surface area contributed by atoms with Crippen LogP contribution in [0.15, 0.2) is 71.0 Å². The summed E-state index contributed by atoms with van der Waals surface area (Å²) in [4.78, 5) is 4.65. The van der Waals surface area contributed by atoms with Crippen molar-refractivity contribution in [2.24, 2.45) is 0 Å². The van der Waals surface area contributed by atoms with Crippen LogP contribution in [-0.4, -0.2) is 53.9 Å². The molecule has 3 aromatic heterocycles. The molecule has 0 saturated carbocycles. The standard InChI is InChI=1S/C18H17N5O4S2/c1-28(24,25)16-9-11-22(20-16)18(23-12-10-17(21-23)29(2,26)27)15-8-7-13-5-3-4-6-14(13)19-15/h3-12,18H,1-2H3. The zero-order chi connectivity index (χ0) is 20.8. The van der Waals surface area contributed by atoms with Crippen molar-refractivity contribution >= 4 is 30.6 Å². The van der Waals surface area contributed by atoms with E-state index in [0.717, 1.165) is 23.4 Å². The van der Waals surface area contributed by atoms with E-state index in [1.165, 1.54) is 33.9 Å². The van der Waals surface area contributed by atoms with Crippen LogP contribution < -0.4 is 0 Å². The van der Waals surface area contributed by atoms with E-state index < -0.39 is 25.8 Å². The van der Waals surface area contributed by atoms with Crippen molar-refractivity contribution in [2.75, 3.05) is 12.5 Å². The first-order valence-corrected chi connectivity index (χ1v) is 12.3. The summed E-state index contributed by atoms with van der Waals surface area (Å²) in [6.45, 7) is 0. The number of rotatable bonds is 5. The predicted octanol–water partition coefficient (Wildman–Crippen LogP) is 1.53. The zero-order valence-electron chi connectivity index (χ0n) is 15.5. The van der Waals surface area contributed by atoms with Crippen LogP contribution in [0.2, 0.25) is 0 Å². The van der Waals surface area contributed by atoms with Gasteiger partial charge in [-0.15, -0.1) is 0 Å². The van der Waals surface area contributed by atoms with Crippen LogP contribution in [0.25, 0.3) is 10.9 Å². The summed E-state index contributed by atoms with van der Waals surface area (Å²) in [6.07, 6.45) is 4.36. The highest BCUT2D eigenvalue weighted by Crippen LogP contribution is 2.23. The van der Waals surface area contributed by atoms with Crippen molar-refractivity contribution < 1.29 is 16.8 Å². The van der Waals surface area contributed by atoms with Crippen molar-refractivity contribution in [3.8, 4) is 0 Å². The molecule has 0 aliphatic heterocycles. The van der Waals surface area contributed by atoms with E-state index in [4.69, 9.17) is 0 Å². The van der Waals surface area contributed by atoms with Crippen molar-refractivity contribution in [1.82, 2.24) is 24.5 Å². The van der Waals surface area contributed by atoms with Crippen LogP contribution in [-0.2, 0) is 19.7 Å². The normalized spacial score (nSPS) is 12.7. The summed E-state index contributed by atoms with van der Waals surface area (Å²) in [7, 11) is -7.02. The molecule has 0 spiro atoms. The number of aromatic nitrogens is 5. The van der Waals surface area contributed by atoms with Gasteiger partial charge in [0.2, 0.25) is 0 Å². The van der Waals surface area contributed by atoms with Gasteiger partial charge in [-0.3, -0.25) is 0 Å². The van der Waals surface area contributed by atoms with Gasteiger partial charge in [-0.05, 0) is 24.3 Å². The van der Waals surface area contributed by atoms with Crippen LogP contribution in [0.4, 0.5) is 0 Å². The van der Waals surface area contributed by atoms with Gasteiger partial charge in [-0.25, -0.2) is 31.2 Å². The smallest absolute Gasteiger partial charge is 0.194 e. The van der Waals surface area contributed by atoms with Gasteiger partial charge in [0.15, 0.2) is 35.9 Å². The summed E-state index contributed by atoms with van der Waals surface area (Å²) >= 11 is 0. The van der Waals surface area contributed by atoms with Crippen LogP contribution in [0.5, 0.6) is 0 Å².